The van der Waals surface area contributed by atoms with Crippen molar-refractivity contribution in [2.75, 3.05) is 18.9 Å². The predicted molar refractivity (Wildman–Crippen MR) is 142 cm³/mol. The third kappa shape index (κ3) is 6.36. The quantitative estimate of drug-likeness (QED) is 0.333. The first-order valence-electron chi connectivity index (χ1n) is 12.6. The van der Waals surface area contributed by atoms with Gasteiger partial charge in [0.05, 0.1) is 12.3 Å². The van der Waals surface area contributed by atoms with E-state index in [9.17, 15) is 5.11 Å². The molecule has 35 heavy (non-hydrogen) atoms. The highest BCUT2D eigenvalue weighted by atomic mass is 16.3. The molecule has 2 heterocycles. The molecule has 0 bridgehead atoms. The van der Waals surface area contributed by atoms with Crippen molar-refractivity contribution in [3.63, 3.8) is 0 Å². The van der Waals surface area contributed by atoms with Gasteiger partial charge in [-0.25, -0.2) is 0 Å². The Kier molecular flexibility index (Phi) is 7.23. The molecule has 182 valence electrons. The lowest BCUT2D eigenvalue weighted by atomic mass is 10.0. The number of aliphatic hydroxyl groups is 1. The van der Waals surface area contributed by atoms with Crippen molar-refractivity contribution < 1.29 is 5.11 Å². The molecule has 0 spiro atoms. The van der Waals surface area contributed by atoms with E-state index in [-0.39, 0.29) is 0 Å². The fraction of sp³-hybridized carbons (Fsp3) is 0.393. The van der Waals surface area contributed by atoms with Crippen LogP contribution in [0.25, 0.3) is 5.57 Å². The van der Waals surface area contributed by atoms with E-state index in [4.69, 9.17) is 0 Å². The fourth-order valence-electron chi connectivity index (χ4n) is 4.35. The second-order valence-electron chi connectivity index (χ2n) is 9.56. The number of nitrogens with zero attached hydrogens (tertiary/aromatic N) is 4. The van der Waals surface area contributed by atoms with Crippen molar-refractivity contribution >= 4 is 23.3 Å². The number of pyridine rings is 1. The van der Waals surface area contributed by atoms with Crippen LogP contribution in [0.5, 0.6) is 0 Å². The lowest BCUT2D eigenvalue weighted by Crippen LogP contribution is -2.33. The highest BCUT2D eigenvalue weighted by molar-refractivity contribution is 6.04. The standard InChI is InChI=1S/C28H34N6O/c1-29-13-12-20(23-14-24(17-30-16-23)21-8-9-21)4-3-7-28(35)32-25-6-2-5-22(15-25)27-18-34(19-31-33-27)26-10-11-26/h2,4-6,12-17,19,21,26,28-29,32,35H,3,7-11,18H2,1H3/b13-12-,20-4+. The predicted octanol–water partition coefficient (Wildman–Crippen LogP) is 4.50. The van der Waals surface area contributed by atoms with Gasteiger partial charge in [0.25, 0.3) is 0 Å². The molecule has 1 aromatic carbocycles. The number of hydrogen-bond acceptors (Lipinski definition) is 7. The molecule has 3 aliphatic rings. The maximum Gasteiger partial charge on any atom is 0.124 e. The van der Waals surface area contributed by atoms with Crippen molar-refractivity contribution in [2.45, 2.75) is 56.7 Å². The van der Waals surface area contributed by atoms with Crippen LogP contribution in [-0.4, -0.2) is 52.9 Å². The second-order valence-corrected chi connectivity index (χ2v) is 9.56. The Balaban J connectivity index is 1.19. The van der Waals surface area contributed by atoms with Crippen molar-refractivity contribution in [2.24, 2.45) is 10.2 Å². The van der Waals surface area contributed by atoms with Gasteiger partial charge in [-0.15, -0.1) is 5.10 Å². The minimum absolute atomic E-state index is 0.595. The normalized spacial score (nSPS) is 19.1. The molecular formula is C28H34N6O. The largest absolute Gasteiger partial charge is 0.394 e. The van der Waals surface area contributed by atoms with Crippen LogP contribution in [0.15, 0.2) is 71.3 Å². The first kappa shape index (κ1) is 23.3. The Labute approximate surface area is 207 Å². The molecule has 3 N–H and O–H groups in total. The molecule has 2 aliphatic carbocycles. The lowest BCUT2D eigenvalue weighted by molar-refractivity contribution is 0.194. The molecule has 1 atom stereocenters. The molecule has 2 fully saturated rings. The van der Waals surface area contributed by atoms with E-state index < -0.39 is 6.23 Å². The number of aliphatic hydroxyl groups excluding tert-OH is 1. The average Bonchev–Trinajstić information content (AvgIpc) is 3.79. The molecule has 0 radical (unpaired) electrons. The molecule has 1 unspecified atom stereocenters. The monoisotopic (exact) mass is 470 g/mol. The molecule has 0 saturated heterocycles. The summed E-state index contributed by atoms with van der Waals surface area (Å²) in [4.78, 5) is 6.72. The van der Waals surface area contributed by atoms with Crippen LogP contribution in [0.1, 0.15) is 61.1 Å². The van der Waals surface area contributed by atoms with E-state index in [0.29, 0.717) is 18.4 Å². The van der Waals surface area contributed by atoms with Crippen LogP contribution in [0.4, 0.5) is 5.69 Å². The van der Waals surface area contributed by atoms with E-state index in [1.807, 2.05) is 50.2 Å². The second kappa shape index (κ2) is 10.9. The number of benzene rings is 1. The van der Waals surface area contributed by atoms with Crippen LogP contribution >= 0.6 is 0 Å². The van der Waals surface area contributed by atoms with Gasteiger partial charge in [-0.2, -0.15) is 5.10 Å². The first-order valence-corrected chi connectivity index (χ1v) is 12.6. The van der Waals surface area contributed by atoms with Crippen LogP contribution < -0.4 is 10.6 Å². The maximum absolute atomic E-state index is 10.7. The summed E-state index contributed by atoms with van der Waals surface area (Å²) in [5.74, 6) is 0.668. The summed E-state index contributed by atoms with van der Waals surface area (Å²) in [5.41, 5.74) is 6.43. The molecule has 1 aromatic heterocycles. The molecule has 0 amide bonds. The van der Waals surface area contributed by atoms with Gasteiger partial charge in [-0.3, -0.25) is 4.98 Å². The number of nitrogens with one attached hydrogen (secondary N) is 2. The Morgan fingerprint density at radius 3 is 2.89 bits per heavy atom. The molecule has 5 rings (SSSR count). The topological polar surface area (TPSA) is 85.1 Å². The van der Waals surface area contributed by atoms with E-state index in [1.165, 1.54) is 31.2 Å². The number of hydrogen-bond donors (Lipinski definition) is 3. The third-order valence-corrected chi connectivity index (χ3v) is 6.63. The van der Waals surface area contributed by atoms with Crippen molar-refractivity contribution in [3.05, 3.63) is 77.8 Å². The number of anilines is 1. The Morgan fingerprint density at radius 1 is 1.20 bits per heavy atom. The third-order valence-electron chi connectivity index (χ3n) is 6.63. The average molecular weight is 471 g/mol. The summed E-state index contributed by atoms with van der Waals surface area (Å²) >= 11 is 0. The minimum atomic E-state index is -0.652. The summed E-state index contributed by atoms with van der Waals surface area (Å²) in [5, 5.41) is 25.5. The van der Waals surface area contributed by atoms with Gasteiger partial charge in [-0.1, -0.05) is 18.2 Å². The summed E-state index contributed by atoms with van der Waals surface area (Å²) in [6.45, 7) is 0.782. The van der Waals surface area contributed by atoms with Crippen molar-refractivity contribution in [3.8, 4) is 0 Å². The fourth-order valence-corrected chi connectivity index (χ4v) is 4.35. The Morgan fingerprint density at radius 2 is 2.09 bits per heavy atom. The van der Waals surface area contributed by atoms with Crippen molar-refractivity contribution in [1.29, 1.82) is 0 Å². The molecule has 7 heteroatoms. The van der Waals surface area contributed by atoms with E-state index in [0.717, 1.165) is 41.1 Å². The van der Waals surface area contributed by atoms with Gasteiger partial charge >= 0.3 is 0 Å². The zero-order chi connectivity index (χ0) is 24.0. The lowest BCUT2D eigenvalue weighted by Gasteiger charge is -2.22. The van der Waals surface area contributed by atoms with Crippen LogP contribution in [0.3, 0.4) is 0 Å². The molecule has 1 aliphatic heterocycles. The Hall–Kier alpha value is -3.45. The minimum Gasteiger partial charge on any atom is -0.394 e. The van der Waals surface area contributed by atoms with E-state index in [2.05, 4.69) is 55.0 Å². The smallest absolute Gasteiger partial charge is 0.124 e. The molecule has 7 nitrogen and oxygen atoms in total. The van der Waals surface area contributed by atoms with E-state index in [1.54, 1.807) is 0 Å². The van der Waals surface area contributed by atoms with Gasteiger partial charge in [0.15, 0.2) is 0 Å². The number of rotatable bonds is 11. The van der Waals surface area contributed by atoms with Gasteiger partial charge in [0.1, 0.15) is 12.6 Å². The summed E-state index contributed by atoms with van der Waals surface area (Å²) in [6, 6.07) is 10.9. The number of allylic oxidation sites excluding steroid dienone is 3. The zero-order valence-corrected chi connectivity index (χ0v) is 20.3. The molecule has 2 aromatic rings. The van der Waals surface area contributed by atoms with Crippen molar-refractivity contribution in [1.82, 2.24) is 15.2 Å². The summed E-state index contributed by atoms with van der Waals surface area (Å²) in [7, 11) is 1.89. The zero-order valence-electron chi connectivity index (χ0n) is 20.3. The SMILES string of the molecule is CN/C=C\C(=C/CCC(O)Nc1cccc(C2=NN=CN(C3CC3)C2)c1)c1cncc(C2CC2)c1. The van der Waals surface area contributed by atoms with E-state index >= 15 is 0 Å². The summed E-state index contributed by atoms with van der Waals surface area (Å²) in [6.07, 6.45) is 17.6. The van der Waals surface area contributed by atoms with Gasteiger partial charge in [0, 0.05) is 42.3 Å². The van der Waals surface area contributed by atoms with Crippen LogP contribution in [0.2, 0.25) is 0 Å². The first-order chi connectivity index (χ1) is 17.2. The van der Waals surface area contributed by atoms with Gasteiger partial charge in [0.2, 0.25) is 0 Å². The molecule has 2 saturated carbocycles. The van der Waals surface area contributed by atoms with Crippen LogP contribution in [0, 0.1) is 0 Å². The Bertz CT molecular complexity index is 1150. The van der Waals surface area contributed by atoms with Gasteiger partial charge < -0.3 is 20.6 Å². The molecular weight excluding hydrogens is 436 g/mol. The summed E-state index contributed by atoms with van der Waals surface area (Å²) < 4.78 is 0. The maximum atomic E-state index is 10.7. The van der Waals surface area contributed by atoms with Gasteiger partial charge in [-0.05, 0) is 86.1 Å². The van der Waals surface area contributed by atoms with Crippen LogP contribution in [-0.2, 0) is 0 Å². The highest BCUT2D eigenvalue weighted by Crippen LogP contribution is 2.40. The highest BCUT2D eigenvalue weighted by Gasteiger charge is 2.29. The number of aromatic nitrogens is 1.